The zero-order chi connectivity index (χ0) is 24.0. The van der Waals surface area contributed by atoms with Crippen molar-refractivity contribution in [3.63, 3.8) is 0 Å². The molecule has 0 saturated carbocycles. The maximum absolute atomic E-state index is 13.1. The molecule has 0 saturated heterocycles. The molecule has 1 aliphatic rings. The summed E-state index contributed by atoms with van der Waals surface area (Å²) in [4.78, 5) is 29.7. The number of nitrogens with one attached hydrogen (secondary N) is 1. The Hall–Kier alpha value is -4.11. The number of sulfone groups is 1. The van der Waals surface area contributed by atoms with E-state index in [-0.39, 0.29) is 38.2 Å². The molecule has 1 aromatic heterocycles. The maximum Gasteiger partial charge on any atom is 0.257 e. The van der Waals surface area contributed by atoms with Crippen molar-refractivity contribution in [1.29, 1.82) is 0 Å². The lowest BCUT2D eigenvalue weighted by molar-refractivity contribution is 0.101. The molecule has 5 rings (SSSR count). The summed E-state index contributed by atoms with van der Waals surface area (Å²) in [6.45, 7) is 3.93. The van der Waals surface area contributed by atoms with Crippen LogP contribution in [-0.2, 0) is 9.84 Å². The standard InChI is InChI=1S/C25H19N3O5S/c1-14(2)23-27-25(33-28-23)15-7-10-17(11-8-15)26-24(30)16-9-12-19-21(13-16)34(31,32)20-6-4-3-5-18(20)22(19)29/h3-14H,1-2H3,(H,26,30). The van der Waals surface area contributed by atoms with E-state index in [9.17, 15) is 18.0 Å². The van der Waals surface area contributed by atoms with Gasteiger partial charge in [0.15, 0.2) is 11.6 Å². The number of ketones is 1. The fourth-order valence-electron chi connectivity index (χ4n) is 3.71. The molecule has 3 aromatic carbocycles. The molecule has 1 N–H and O–H groups in total. The summed E-state index contributed by atoms with van der Waals surface area (Å²) in [5.74, 6) is 0.240. The lowest BCUT2D eigenvalue weighted by atomic mass is 10.0. The Morgan fingerprint density at radius 2 is 1.65 bits per heavy atom. The van der Waals surface area contributed by atoms with Crippen LogP contribution >= 0.6 is 0 Å². The number of carbonyl (C=O) groups excluding carboxylic acids is 2. The van der Waals surface area contributed by atoms with Gasteiger partial charge < -0.3 is 9.84 Å². The van der Waals surface area contributed by atoms with Crippen molar-refractivity contribution in [2.45, 2.75) is 29.6 Å². The first-order valence-electron chi connectivity index (χ1n) is 10.5. The topological polar surface area (TPSA) is 119 Å². The van der Waals surface area contributed by atoms with Gasteiger partial charge in [-0.2, -0.15) is 4.98 Å². The summed E-state index contributed by atoms with van der Waals surface area (Å²) in [6.07, 6.45) is 0. The summed E-state index contributed by atoms with van der Waals surface area (Å²) in [7, 11) is -3.93. The van der Waals surface area contributed by atoms with E-state index in [0.717, 1.165) is 0 Å². The molecule has 0 atom stereocenters. The van der Waals surface area contributed by atoms with E-state index >= 15 is 0 Å². The zero-order valence-electron chi connectivity index (χ0n) is 18.3. The lowest BCUT2D eigenvalue weighted by Gasteiger charge is -2.19. The Labute approximate surface area is 195 Å². The Morgan fingerprint density at radius 3 is 2.35 bits per heavy atom. The van der Waals surface area contributed by atoms with Crippen LogP contribution in [0.25, 0.3) is 11.5 Å². The number of amides is 1. The number of hydrogen-bond acceptors (Lipinski definition) is 7. The number of carbonyl (C=O) groups is 2. The zero-order valence-corrected chi connectivity index (χ0v) is 19.1. The smallest absolute Gasteiger partial charge is 0.257 e. The molecule has 0 aliphatic carbocycles. The maximum atomic E-state index is 13.1. The van der Waals surface area contributed by atoms with E-state index in [1.807, 2.05) is 13.8 Å². The van der Waals surface area contributed by atoms with E-state index in [1.165, 1.54) is 30.3 Å². The molecule has 1 aliphatic heterocycles. The van der Waals surface area contributed by atoms with Crippen molar-refractivity contribution >= 4 is 27.2 Å². The van der Waals surface area contributed by atoms with Crippen LogP contribution in [0.15, 0.2) is 81.0 Å². The Balaban J connectivity index is 1.40. The number of aromatic nitrogens is 2. The highest BCUT2D eigenvalue weighted by atomic mass is 32.2. The number of benzene rings is 3. The van der Waals surface area contributed by atoms with Gasteiger partial charge in [-0.15, -0.1) is 0 Å². The third-order valence-electron chi connectivity index (χ3n) is 5.55. The fourth-order valence-corrected chi connectivity index (χ4v) is 5.39. The highest BCUT2D eigenvalue weighted by Crippen LogP contribution is 2.35. The second kappa shape index (κ2) is 8.03. The van der Waals surface area contributed by atoms with Gasteiger partial charge in [0.2, 0.25) is 9.84 Å². The highest BCUT2D eigenvalue weighted by molar-refractivity contribution is 7.91. The van der Waals surface area contributed by atoms with Crippen LogP contribution in [0.3, 0.4) is 0 Å². The average Bonchev–Trinajstić information content (AvgIpc) is 3.34. The van der Waals surface area contributed by atoms with E-state index in [4.69, 9.17) is 4.52 Å². The molecular weight excluding hydrogens is 454 g/mol. The number of hydrogen-bond donors (Lipinski definition) is 1. The van der Waals surface area contributed by atoms with Crippen molar-refractivity contribution in [3.05, 3.63) is 89.2 Å². The molecule has 9 heteroatoms. The third-order valence-corrected chi connectivity index (χ3v) is 7.40. The van der Waals surface area contributed by atoms with Crippen LogP contribution in [0, 0.1) is 0 Å². The molecule has 4 aromatic rings. The average molecular weight is 474 g/mol. The van der Waals surface area contributed by atoms with Crippen molar-refractivity contribution < 1.29 is 22.5 Å². The molecule has 0 bridgehead atoms. The third kappa shape index (κ3) is 3.60. The van der Waals surface area contributed by atoms with Crippen LogP contribution in [0.4, 0.5) is 5.69 Å². The van der Waals surface area contributed by atoms with Gasteiger partial charge in [0.25, 0.3) is 11.8 Å². The Morgan fingerprint density at radius 1 is 0.941 bits per heavy atom. The van der Waals surface area contributed by atoms with Crippen LogP contribution in [0.1, 0.15) is 51.9 Å². The normalized spacial score (nSPS) is 13.9. The van der Waals surface area contributed by atoms with Gasteiger partial charge in [0, 0.05) is 33.9 Å². The summed E-state index contributed by atoms with van der Waals surface area (Å²) < 4.78 is 31.4. The summed E-state index contributed by atoms with van der Waals surface area (Å²) in [5.41, 5.74) is 1.51. The summed E-state index contributed by atoms with van der Waals surface area (Å²) >= 11 is 0. The quantitative estimate of drug-likeness (QED) is 0.408. The second-order valence-corrected chi connectivity index (χ2v) is 10.1. The van der Waals surface area contributed by atoms with Gasteiger partial charge in [-0.25, -0.2) is 8.42 Å². The first kappa shape index (κ1) is 21.7. The second-order valence-electron chi connectivity index (χ2n) is 8.18. The van der Waals surface area contributed by atoms with E-state index in [2.05, 4.69) is 15.5 Å². The molecule has 8 nitrogen and oxygen atoms in total. The van der Waals surface area contributed by atoms with E-state index in [1.54, 1.807) is 36.4 Å². The van der Waals surface area contributed by atoms with Crippen molar-refractivity contribution in [1.82, 2.24) is 10.1 Å². The van der Waals surface area contributed by atoms with E-state index < -0.39 is 15.7 Å². The number of fused-ring (bicyclic) bond motifs is 2. The van der Waals surface area contributed by atoms with Crippen LogP contribution < -0.4 is 5.32 Å². The monoisotopic (exact) mass is 473 g/mol. The van der Waals surface area contributed by atoms with E-state index in [0.29, 0.717) is 23.0 Å². The molecule has 1 amide bonds. The first-order chi connectivity index (χ1) is 16.3. The molecule has 2 heterocycles. The van der Waals surface area contributed by atoms with Gasteiger partial charge in [0.05, 0.1) is 9.79 Å². The predicted octanol–water partition coefficient (Wildman–Crippen LogP) is 4.49. The van der Waals surface area contributed by atoms with Gasteiger partial charge in [-0.05, 0) is 54.6 Å². The fraction of sp³-hybridized carbons (Fsp3) is 0.120. The molecule has 0 unspecified atom stereocenters. The lowest BCUT2D eigenvalue weighted by Crippen LogP contribution is -2.21. The number of nitrogens with zero attached hydrogens (tertiary/aromatic N) is 2. The minimum atomic E-state index is -3.93. The summed E-state index contributed by atoms with van der Waals surface area (Å²) in [5, 5.41) is 6.68. The largest absolute Gasteiger partial charge is 0.334 e. The van der Waals surface area contributed by atoms with Crippen LogP contribution in [-0.4, -0.2) is 30.2 Å². The Bertz CT molecular complexity index is 1550. The van der Waals surface area contributed by atoms with Crippen molar-refractivity contribution in [3.8, 4) is 11.5 Å². The molecule has 0 fully saturated rings. The molecular formula is C25H19N3O5S. The van der Waals surface area contributed by atoms with Gasteiger partial charge in [-0.1, -0.05) is 31.1 Å². The predicted molar refractivity (Wildman–Crippen MR) is 124 cm³/mol. The van der Waals surface area contributed by atoms with Crippen LogP contribution in [0.2, 0.25) is 0 Å². The SMILES string of the molecule is CC(C)c1noc(-c2ccc(NC(=O)c3ccc4c(c3)S(=O)(=O)c3ccccc3C4=O)cc2)n1. The minimum Gasteiger partial charge on any atom is -0.334 e. The molecule has 170 valence electrons. The van der Waals surface area contributed by atoms with Gasteiger partial charge in [-0.3, -0.25) is 9.59 Å². The molecule has 34 heavy (non-hydrogen) atoms. The summed E-state index contributed by atoms with van der Waals surface area (Å²) in [6, 6.07) is 17.0. The van der Waals surface area contributed by atoms with Gasteiger partial charge in [0.1, 0.15) is 0 Å². The van der Waals surface area contributed by atoms with Gasteiger partial charge >= 0.3 is 0 Å². The minimum absolute atomic E-state index is 0.0534. The first-order valence-corrected chi connectivity index (χ1v) is 12.0. The van der Waals surface area contributed by atoms with Crippen LogP contribution in [0.5, 0.6) is 0 Å². The van der Waals surface area contributed by atoms with Crippen molar-refractivity contribution in [2.75, 3.05) is 5.32 Å². The number of anilines is 1. The highest BCUT2D eigenvalue weighted by Gasteiger charge is 2.35. The van der Waals surface area contributed by atoms with Crippen molar-refractivity contribution in [2.24, 2.45) is 0 Å². The molecule has 0 spiro atoms. The molecule has 0 radical (unpaired) electrons. The number of rotatable bonds is 4. The Kier molecular flexibility index (Phi) is 5.13.